The minimum Gasteiger partial charge on any atom is -0.497 e. The fraction of sp³-hybridized carbons (Fsp3) is 0.364. The van der Waals surface area contributed by atoms with Crippen LogP contribution in [0.15, 0.2) is 41.4 Å². The van der Waals surface area contributed by atoms with Crippen molar-refractivity contribution in [1.29, 1.82) is 0 Å². The van der Waals surface area contributed by atoms with Gasteiger partial charge >= 0.3 is 0 Å². The molecule has 2 aromatic carbocycles. The van der Waals surface area contributed by atoms with Crippen LogP contribution in [0.1, 0.15) is 10.4 Å². The predicted octanol–water partition coefficient (Wildman–Crippen LogP) is 2.51. The van der Waals surface area contributed by atoms with E-state index >= 15 is 0 Å². The number of ether oxygens (including phenoxy) is 3. The molecule has 1 heterocycles. The molecule has 0 aliphatic carbocycles. The van der Waals surface area contributed by atoms with Gasteiger partial charge in [0, 0.05) is 49.1 Å². The Morgan fingerprint density at radius 1 is 1.06 bits per heavy atom. The summed E-state index contributed by atoms with van der Waals surface area (Å²) in [6.07, 6.45) is 0. The van der Waals surface area contributed by atoms with Crippen molar-refractivity contribution >= 4 is 17.6 Å². The molecule has 172 valence electrons. The fourth-order valence-corrected chi connectivity index (χ4v) is 3.07. The molecule has 0 unspecified atom stereocenters. The second-order valence-corrected chi connectivity index (χ2v) is 6.99. The quantitative estimate of drug-likeness (QED) is 0.500. The third-order valence-corrected chi connectivity index (χ3v) is 4.82. The van der Waals surface area contributed by atoms with Crippen LogP contribution in [0, 0.1) is 11.6 Å². The molecule has 0 atom stereocenters. The van der Waals surface area contributed by atoms with Crippen LogP contribution in [-0.2, 0) is 4.74 Å². The molecule has 1 saturated heterocycles. The number of benzene rings is 2. The zero-order chi connectivity index (χ0) is 22.9. The summed E-state index contributed by atoms with van der Waals surface area (Å²) in [5.74, 6) is -1.51. The molecule has 32 heavy (non-hydrogen) atoms. The summed E-state index contributed by atoms with van der Waals surface area (Å²) in [5, 5.41) is 5.67. The molecule has 0 aromatic heterocycles. The Kier molecular flexibility index (Phi) is 8.34. The first-order valence-corrected chi connectivity index (χ1v) is 10.1. The maximum atomic E-state index is 13.6. The van der Waals surface area contributed by atoms with E-state index in [2.05, 4.69) is 20.5 Å². The molecular weight excluding hydrogens is 422 g/mol. The molecule has 0 spiro atoms. The third-order valence-electron chi connectivity index (χ3n) is 4.82. The summed E-state index contributed by atoms with van der Waals surface area (Å²) in [7, 11) is 3.06. The Morgan fingerprint density at radius 2 is 1.75 bits per heavy atom. The van der Waals surface area contributed by atoms with Crippen molar-refractivity contribution in [3.8, 4) is 11.5 Å². The number of hydrogen-bond acceptors (Lipinski definition) is 6. The van der Waals surface area contributed by atoms with Gasteiger partial charge in [0.15, 0.2) is 11.6 Å². The van der Waals surface area contributed by atoms with Crippen LogP contribution in [0.2, 0.25) is 0 Å². The lowest BCUT2D eigenvalue weighted by Crippen LogP contribution is -2.39. The molecular formula is C22H26F2N4O4. The number of hydrogen-bond donors (Lipinski definition) is 2. The number of halogens is 2. The lowest BCUT2D eigenvalue weighted by Gasteiger charge is -2.25. The minimum absolute atomic E-state index is 0.0326. The molecule has 0 radical (unpaired) electrons. The first-order valence-electron chi connectivity index (χ1n) is 10.1. The summed E-state index contributed by atoms with van der Waals surface area (Å²) >= 11 is 0. The van der Waals surface area contributed by atoms with E-state index in [1.165, 1.54) is 20.3 Å². The van der Waals surface area contributed by atoms with Crippen molar-refractivity contribution in [2.75, 3.05) is 58.9 Å². The van der Waals surface area contributed by atoms with Crippen LogP contribution in [0.5, 0.6) is 11.5 Å². The first kappa shape index (κ1) is 23.4. The number of guanidine groups is 1. The number of morpholine rings is 1. The van der Waals surface area contributed by atoms with Crippen molar-refractivity contribution in [1.82, 2.24) is 10.2 Å². The zero-order valence-corrected chi connectivity index (χ0v) is 18.0. The number of rotatable bonds is 7. The van der Waals surface area contributed by atoms with E-state index in [9.17, 15) is 13.6 Å². The Labute approximate surface area is 185 Å². The Bertz CT molecular complexity index is 943. The lowest BCUT2D eigenvalue weighted by molar-refractivity contribution is 0.0394. The molecule has 10 heteroatoms. The van der Waals surface area contributed by atoms with Gasteiger partial charge in [-0.3, -0.25) is 20.0 Å². The average Bonchev–Trinajstić information content (AvgIpc) is 2.81. The van der Waals surface area contributed by atoms with Crippen LogP contribution >= 0.6 is 0 Å². The number of nitrogens with one attached hydrogen (secondary N) is 2. The maximum absolute atomic E-state index is 13.6. The van der Waals surface area contributed by atoms with Gasteiger partial charge in [-0.1, -0.05) is 0 Å². The van der Waals surface area contributed by atoms with Crippen molar-refractivity contribution < 1.29 is 27.8 Å². The number of aliphatic imine (C=N–C) groups is 1. The highest BCUT2D eigenvalue weighted by Crippen LogP contribution is 2.25. The van der Waals surface area contributed by atoms with Crippen LogP contribution in [0.25, 0.3) is 0 Å². The molecule has 1 amide bonds. The van der Waals surface area contributed by atoms with E-state index < -0.39 is 17.5 Å². The monoisotopic (exact) mass is 448 g/mol. The van der Waals surface area contributed by atoms with E-state index in [1.54, 1.807) is 18.2 Å². The zero-order valence-electron chi connectivity index (χ0n) is 18.0. The highest BCUT2D eigenvalue weighted by molar-refractivity contribution is 6.10. The summed E-state index contributed by atoms with van der Waals surface area (Å²) < 4.78 is 42.7. The Hall–Kier alpha value is -3.24. The largest absolute Gasteiger partial charge is 0.497 e. The lowest BCUT2D eigenvalue weighted by atomic mass is 10.2. The van der Waals surface area contributed by atoms with E-state index in [4.69, 9.17) is 14.2 Å². The maximum Gasteiger partial charge on any atom is 0.258 e. The molecule has 1 aliphatic heterocycles. The predicted molar refractivity (Wildman–Crippen MR) is 117 cm³/mol. The third kappa shape index (κ3) is 6.63. The normalized spacial score (nSPS) is 14.7. The van der Waals surface area contributed by atoms with Gasteiger partial charge in [0.25, 0.3) is 5.91 Å². The smallest absolute Gasteiger partial charge is 0.258 e. The minimum atomic E-state index is -1.10. The van der Waals surface area contributed by atoms with Crippen molar-refractivity contribution in [3.63, 3.8) is 0 Å². The summed E-state index contributed by atoms with van der Waals surface area (Å²) in [6, 6.07) is 8.08. The number of carbonyl (C=O) groups is 1. The summed E-state index contributed by atoms with van der Waals surface area (Å²) in [6.45, 7) is 4.05. The van der Waals surface area contributed by atoms with Gasteiger partial charge in [-0.15, -0.1) is 0 Å². The van der Waals surface area contributed by atoms with Crippen molar-refractivity contribution in [2.24, 2.45) is 4.99 Å². The van der Waals surface area contributed by atoms with E-state index in [0.717, 1.165) is 25.2 Å². The second-order valence-electron chi connectivity index (χ2n) is 6.99. The molecule has 2 aromatic rings. The second kappa shape index (κ2) is 11.4. The van der Waals surface area contributed by atoms with Crippen LogP contribution in [-0.4, -0.2) is 70.4 Å². The highest BCUT2D eigenvalue weighted by Gasteiger charge is 2.14. The fourth-order valence-electron chi connectivity index (χ4n) is 3.07. The number of anilines is 1. The molecule has 0 saturated carbocycles. The van der Waals surface area contributed by atoms with Crippen LogP contribution in [0.3, 0.4) is 0 Å². The van der Waals surface area contributed by atoms with Gasteiger partial charge in [0.2, 0.25) is 5.96 Å². The number of carbonyl (C=O) groups excluding carboxylic acids is 1. The molecule has 3 rings (SSSR count). The van der Waals surface area contributed by atoms with Gasteiger partial charge in [-0.05, 0) is 18.2 Å². The summed E-state index contributed by atoms with van der Waals surface area (Å²) in [5.41, 5.74) is 0.534. The Morgan fingerprint density at radius 3 is 2.38 bits per heavy atom. The van der Waals surface area contributed by atoms with Crippen LogP contribution < -0.4 is 20.1 Å². The molecule has 8 nitrogen and oxygen atoms in total. The van der Waals surface area contributed by atoms with Gasteiger partial charge < -0.3 is 19.5 Å². The van der Waals surface area contributed by atoms with Crippen molar-refractivity contribution in [3.05, 3.63) is 53.6 Å². The van der Waals surface area contributed by atoms with Gasteiger partial charge in [-0.2, -0.15) is 0 Å². The SMILES string of the molecule is COc1cc(NC(=NCCN2CCOCC2)NC(=O)c2ccc(F)c(F)c2)cc(OC)c1. The highest BCUT2D eigenvalue weighted by atomic mass is 19.2. The first-order chi connectivity index (χ1) is 15.5. The molecule has 0 bridgehead atoms. The number of nitrogens with zero attached hydrogens (tertiary/aromatic N) is 2. The Balaban J connectivity index is 1.77. The standard InChI is InChI=1S/C22H26F2N4O4/c1-30-17-12-16(13-18(14-17)31-2)26-22(25-5-6-28-7-9-32-10-8-28)27-21(29)15-3-4-19(23)20(24)11-15/h3-4,11-14H,5-10H2,1-2H3,(H2,25,26,27,29). The van der Waals surface area contributed by atoms with Crippen molar-refractivity contribution in [2.45, 2.75) is 0 Å². The topological polar surface area (TPSA) is 84.4 Å². The van der Waals surface area contributed by atoms with E-state index in [1.807, 2.05) is 0 Å². The van der Waals surface area contributed by atoms with Gasteiger partial charge in [0.05, 0.1) is 34.0 Å². The van der Waals surface area contributed by atoms with Crippen LogP contribution in [0.4, 0.5) is 14.5 Å². The van der Waals surface area contributed by atoms with Gasteiger partial charge in [0.1, 0.15) is 11.5 Å². The number of methoxy groups -OCH3 is 2. The molecule has 2 N–H and O–H groups in total. The van der Waals surface area contributed by atoms with Gasteiger partial charge in [-0.25, -0.2) is 8.78 Å². The number of amides is 1. The average molecular weight is 448 g/mol. The molecule has 1 fully saturated rings. The molecule has 1 aliphatic rings. The van der Waals surface area contributed by atoms with E-state index in [-0.39, 0.29) is 11.5 Å². The summed E-state index contributed by atoms with van der Waals surface area (Å²) in [4.78, 5) is 19.3. The van der Waals surface area contributed by atoms with E-state index in [0.29, 0.717) is 43.5 Å².